The SMILES string of the molecule is [CH2]Cc1csc(C(F)(F)F)n1. The van der Waals surface area contributed by atoms with E-state index in [0.717, 1.165) is 0 Å². The van der Waals surface area contributed by atoms with Crippen LogP contribution >= 0.6 is 11.3 Å². The van der Waals surface area contributed by atoms with Gasteiger partial charge in [0.2, 0.25) is 0 Å². The molecule has 0 aliphatic rings. The molecule has 0 aliphatic carbocycles. The molecule has 1 radical (unpaired) electrons. The van der Waals surface area contributed by atoms with Crippen molar-refractivity contribution in [2.75, 3.05) is 0 Å². The summed E-state index contributed by atoms with van der Waals surface area (Å²) in [6.45, 7) is 3.43. The zero-order valence-corrected chi connectivity index (χ0v) is 6.30. The van der Waals surface area contributed by atoms with Crippen molar-refractivity contribution in [2.45, 2.75) is 12.6 Å². The average molecular weight is 180 g/mol. The molecular formula is C6H5F3NS. The molecule has 0 N–H and O–H groups in total. The summed E-state index contributed by atoms with van der Waals surface area (Å²) in [7, 11) is 0. The second-order valence-electron chi connectivity index (χ2n) is 1.89. The van der Waals surface area contributed by atoms with Crippen LogP contribution in [0.2, 0.25) is 0 Å². The van der Waals surface area contributed by atoms with Crippen molar-refractivity contribution in [3.8, 4) is 0 Å². The Kier molecular flexibility index (Phi) is 2.17. The summed E-state index contributed by atoms with van der Waals surface area (Å²) in [5.41, 5.74) is 0.391. The van der Waals surface area contributed by atoms with Gasteiger partial charge in [-0.05, 0) is 13.3 Å². The third-order valence-electron chi connectivity index (χ3n) is 1.05. The molecule has 0 fully saturated rings. The minimum Gasteiger partial charge on any atom is -0.237 e. The van der Waals surface area contributed by atoms with Crippen molar-refractivity contribution >= 4 is 11.3 Å². The minimum absolute atomic E-state index is 0.298. The van der Waals surface area contributed by atoms with E-state index < -0.39 is 11.2 Å². The highest BCUT2D eigenvalue weighted by molar-refractivity contribution is 7.09. The van der Waals surface area contributed by atoms with Gasteiger partial charge in [0.1, 0.15) is 0 Å². The molecule has 0 saturated heterocycles. The number of aromatic nitrogens is 1. The molecule has 0 spiro atoms. The van der Waals surface area contributed by atoms with Crippen LogP contribution in [-0.2, 0) is 12.6 Å². The number of alkyl halides is 3. The van der Waals surface area contributed by atoms with Gasteiger partial charge in [-0.15, -0.1) is 11.3 Å². The van der Waals surface area contributed by atoms with E-state index in [1.807, 2.05) is 0 Å². The molecule has 0 aliphatic heterocycles. The molecule has 1 heterocycles. The van der Waals surface area contributed by atoms with Crippen LogP contribution < -0.4 is 0 Å². The van der Waals surface area contributed by atoms with Gasteiger partial charge in [0, 0.05) is 5.38 Å². The molecule has 0 bridgehead atoms. The first-order valence-corrected chi connectivity index (χ1v) is 3.73. The van der Waals surface area contributed by atoms with Crippen LogP contribution in [0.3, 0.4) is 0 Å². The van der Waals surface area contributed by atoms with E-state index in [-0.39, 0.29) is 0 Å². The average Bonchev–Trinajstić information content (AvgIpc) is 2.32. The number of hydrogen-bond acceptors (Lipinski definition) is 2. The summed E-state index contributed by atoms with van der Waals surface area (Å²) in [5.74, 6) is 0. The lowest BCUT2D eigenvalue weighted by molar-refractivity contribution is -0.137. The molecule has 5 heteroatoms. The fourth-order valence-corrected chi connectivity index (χ4v) is 1.27. The van der Waals surface area contributed by atoms with E-state index in [9.17, 15) is 13.2 Å². The van der Waals surface area contributed by atoms with Gasteiger partial charge >= 0.3 is 6.18 Å². The smallest absolute Gasteiger partial charge is 0.237 e. The molecule has 11 heavy (non-hydrogen) atoms. The van der Waals surface area contributed by atoms with Crippen LogP contribution in [0, 0.1) is 6.92 Å². The summed E-state index contributed by atoms with van der Waals surface area (Å²) >= 11 is 0.605. The quantitative estimate of drug-likeness (QED) is 0.647. The van der Waals surface area contributed by atoms with Crippen molar-refractivity contribution in [3.63, 3.8) is 0 Å². The number of thiazole rings is 1. The van der Waals surface area contributed by atoms with Crippen LogP contribution in [0.25, 0.3) is 0 Å². The Morgan fingerprint density at radius 3 is 2.45 bits per heavy atom. The predicted octanol–water partition coefficient (Wildman–Crippen LogP) is 2.54. The highest BCUT2D eigenvalue weighted by Crippen LogP contribution is 2.31. The van der Waals surface area contributed by atoms with Gasteiger partial charge < -0.3 is 0 Å². The van der Waals surface area contributed by atoms with Crippen LogP contribution in [0.4, 0.5) is 13.2 Å². The van der Waals surface area contributed by atoms with Crippen molar-refractivity contribution in [3.05, 3.63) is 23.0 Å². The molecule has 0 atom stereocenters. The molecule has 0 amide bonds. The molecule has 1 aromatic rings. The summed E-state index contributed by atoms with van der Waals surface area (Å²) < 4.78 is 35.6. The first-order chi connectivity index (χ1) is 5.04. The lowest BCUT2D eigenvalue weighted by Gasteiger charge is -1.98. The Labute approximate surface area is 65.9 Å². The summed E-state index contributed by atoms with van der Waals surface area (Å²) in [6.07, 6.45) is -4.01. The van der Waals surface area contributed by atoms with E-state index in [4.69, 9.17) is 0 Å². The molecule has 0 aromatic carbocycles. The fraction of sp³-hybridized carbons (Fsp3) is 0.333. The zero-order chi connectivity index (χ0) is 8.48. The first-order valence-electron chi connectivity index (χ1n) is 2.85. The molecular weight excluding hydrogens is 175 g/mol. The maximum Gasteiger partial charge on any atom is 0.443 e. The maximum absolute atomic E-state index is 11.9. The van der Waals surface area contributed by atoms with Crippen LogP contribution in [0.15, 0.2) is 5.38 Å². The van der Waals surface area contributed by atoms with E-state index in [2.05, 4.69) is 11.9 Å². The Morgan fingerprint density at radius 2 is 2.18 bits per heavy atom. The van der Waals surface area contributed by atoms with E-state index >= 15 is 0 Å². The third kappa shape index (κ3) is 1.92. The molecule has 0 unspecified atom stereocenters. The summed E-state index contributed by atoms with van der Waals surface area (Å²) in [5, 5.41) is 0.576. The molecule has 1 nitrogen and oxygen atoms in total. The Hall–Kier alpha value is -0.580. The number of hydrogen-bond donors (Lipinski definition) is 0. The number of halogens is 3. The van der Waals surface area contributed by atoms with Crippen molar-refractivity contribution < 1.29 is 13.2 Å². The van der Waals surface area contributed by atoms with Crippen molar-refractivity contribution in [1.29, 1.82) is 0 Å². The standard InChI is InChI=1S/C6H5F3NS/c1-2-4-3-11-5(10-4)6(7,8)9/h3H,1-2H2. The Bertz CT molecular complexity index is 240. The Balaban J connectivity index is 2.89. The summed E-state index contributed by atoms with van der Waals surface area (Å²) in [6, 6.07) is 0. The van der Waals surface area contributed by atoms with Gasteiger partial charge in [-0.25, -0.2) is 4.98 Å². The lowest BCUT2D eigenvalue weighted by atomic mass is 10.4. The molecule has 1 rings (SSSR count). The monoisotopic (exact) mass is 180 g/mol. The van der Waals surface area contributed by atoms with Crippen LogP contribution in [-0.4, -0.2) is 4.98 Å². The van der Waals surface area contributed by atoms with Crippen LogP contribution in [0.1, 0.15) is 10.7 Å². The van der Waals surface area contributed by atoms with E-state index in [1.165, 1.54) is 5.38 Å². The van der Waals surface area contributed by atoms with Crippen molar-refractivity contribution in [2.24, 2.45) is 0 Å². The topological polar surface area (TPSA) is 12.9 Å². The van der Waals surface area contributed by atoms with Gasteiger partial charge in [-0.2, -0.15) is 13.2 Å². The molecule has 0 saturated carbocycles. The van der Waals surface area contributed by atoms with Gasteiger partial charge in [-0.1, -0.05) is 0 Å². The third-order valence-corrected chi connectivity index (χ3v) is 1.99. The van der Waals surface area contributed by atoms with Gasteiger partial charge in [0.05, 0.1) is 5.69 Å². The fourth-order valence-electron chi connectivity index (χ4n) is 0.552. The van der Waals surface area contributed by atoms with Crippen molar-refractivity contribution in [1.82, 2.24) is 4.98 Å². The zero-order valence-electron chi connectivity index (χ0n) is 5.48. The number of rotatable bonds is 1. The number of nitrogens with zero attached hydrogens (tertiary/aromatic N) is 1. The molecule has 61 valence electrons. The van der Waals surface area contributed by atoms with E-state index in [1.54, 1.807) is 0 Å². The largest absolute Gasteiger partial charge is 0.443 e. The van der Waals surface area contributed by atoms with Gasteiger partial charge in [-0.3, -0.25) is 0 Å². The highest BCUT2D eigenvalue weighted by Gasteiger charge is 2.34. The summed E-state index contributed by atoms with van der Waals surface area (Å²) in [4.78, 5) is 3.33. The lowest BCUT2D eigenvalue weighted by Crippen LogP contribution is -2.03. The van der Waals surface area contributed by atoms with Gasteiger partial charge in [0.15, 0.2) is 5.01 Å². The van der Waals surface area contributed by atoms with Gasteiger partial charge in [0.25, 0.3) is 0 Å². The van der Waals surface area contributed by atoms with E-state index in [0.29, 0.717) is 23.5 Å². The second kappa shape index (κ2) is 2.81. The predicted molar refractivity (Wildman–Crippen MR) is 36.2 cm³/mol. The highest BCUT2D eigenvalue weighted by atomic mass is 32.1. The first kappa shape index (κ1) is 8.52. The molecule has 1 aromatic heterocycles. The Morgan fingerprint density at radius 1 is 1.55 bits per heavy atom. The normalized spacial score (nSPS) is 12.0. The maximum atomic E-state index is 11.9. The minimum atomic E-state index is -4.31. The second-order valence-corrected chi connectivity index (χ2v) is 2.75. The van der Waals surface area contributed by atoms with Crippen LogP contribution in [0.5, 0.6) is 0 Å².